The standard InChI is InChI=1S/C23H12ClFO6/c24-16-2-1-3-17(25)15(16)10-21-22(26)14-6-5-13(9-19(14)31-21)30-23(27)12-4-7-18-20(8-12)29-11-28-18/h1-10H,11H2/b21-10-. The minimum atomic E-state index is -0.614. The predicted molar refractivity (Wildman–Crippen MR) is 108 cm³/mol. The number of Topliss-reactive ketones (excluding diaryl/α,β-unsaturated/α-hetero) is 1. The van der Waals surface area contributed by atoms with Gasteiger partial charge in [0.15, 0.2) is 17.3 Å². The van der Waals surface area contributed by atoms with E-state index in [4.69, 9.17) is 30.5 Å². The number of rotatable bonds is 3. The van der Waals surface area contributed by atoms with Crippen molar-refractivity contribution in [2.45, 2.75) is 0 Å². The maximum absolute atomic E-state index is 14.0. The Kier molecular flexibility index (Phi) is 4.60. The highest BCUT2D eigenvalue weighted by molar-refractivity contribution is 6.32. The Hall–Kier alpha value is -3.84. The van der Waals surface area contributed by atoms with E-state index < -0.39 is 17.6 Å². The Morgan fingerprint density at radius 3 is 2.71 bits per heavy atom. The SMILES string of the molecule is O=C(Oc1ccc2c(c1)O/C(=C\c1c(F)cccc1Cl)C2=O)c1ccc2c(c1)OCO2. The first-order valence-corrected chi connectivity index (χ1v) is 9.51. The number of allylic oxidation sites excluding steroid dienone is 1. The van der Waals surface area contributed by atoms with Crippen LogP contribution in [0.5, 0.6) is 23.0 Å². The first-order valence-electron chi connectivity index (χ1n) is 9.14. The summed E-state index contributed by atoms with van der Waals surface area (Å²) in [4.78, 5) is 25.1. The van der Waals surface area contributed by atoms with Crippen LogP contribution in [-0.2, 0) is 0 Å². The third-order valence-electron chi connectivity index (χ3n) is 4.74. The zero-order chi connectivity index (χ0) is 21.5. The molecule has 8 heteroatoms. The highest BCUT2D eigenvalue weighted by atomic mass is 35.5. The topological polar surface area (TPSA) is 71.1 Å². The molecule has 5 rings (SSSR count). The van der Waals surface area contributed by atoms with E-state index in [2.05, 4.69) is 0 Å². The number of hydrogen-bond acceptors (Lipinski definition) is 6. The molecule has 0 bridgehead atoms. The van der Waals surface area contributed by atoms with Gasteiger partial charge in [0.2, 0.25) is 12.6 Å². The van der Waals surface area contributed by atoms with Crippen LogP contribution in [0.4, 0.5) is 4.39 Å². The monoisotopic (exact) mass is 438 g/mol. The summed E-state index contributed by atoms with van der Waals surface area (Å²) in [7, 11) is 0. The van der Waals surface area contributed by atoms with E-state index in [1.807, 2.05) is 0 Å². The van der Waals surface area contributed by atoms with E-state index in [1.165, 1.54) is 48.5 Å². The van der Waals surface area contributed by atoms with Crippen LogP contribution in [0.25, 0.3) is 6.08 Å². The molecule has 3 aromatic rings. The van der Waals surface area contributed by atoms with Gasteiger partial charge in [-0.05, 0) is 48.5 Å². The fraction of sp³-hybridized carbons (Fsp3) is 0.0435. The van der Waals surface area contributed by atoms with Crippen molar-refractivity contribution in [1.29, 1.82) is 0 Å². The van der Waals surface area contributed by atoms with E-state index in [0.717, 1.165) is 0 Å². The number of esters is 1. The molecule has 0 saturated carbocycles. The van der Waals surface area contributed by atoms with Gasteiger partial charge in [-0.1, -0.05) is 17.7 Å². The second-order valence-electron chi connectivity index (χ2n) is 6.69. The molecule has 154 valence electrons. The van der Waals surface area contributed by atoms with Crippen LogP contribution in [0.2, 0.25) is 5.02 Å². The number of carbonyl (C=O) groups excluding carboxylic acids is 2. The predicted octanol–water partition coefficient (Wildman–Crippen LogP) is 5.04. The maximum Gasteiger partial charge on any atom is 0.343 e. The maximum atomic E-state index is 14.0. The van der Waals surface area contributed by atoms with Crippen LogP contribution in [0.1, 0.15) is 26.3 Å². The molecule has 0 N–H and O–H groups in total. The van der Waals surface area contributed by atoms with Crippen molar-refractivity contribution in [3.63, 3.8) is 0 Å². The summed E-state index contributed by atoms with van der Waals surface area (Å²) in [6.45, 7) is 0.0952. The molecule has 0 saturated heterocycles. The minimum absolute atomic E-state index is 0.0507. The summed E-state index contributed by atoms with van der Waals surface area (Å²) in [6, 6.07) is 13.3. The molecular formula is C23H12ClFO6. The Morgan fingerprint density at radius 1 is 1.03 bits per heavy atom. The summed E-state index contributed by atoms with van der Waals surface area (Å²) in [5.41, 5.74) is 0.591. The molecule has 0 radical (unpaired) electrons. The van der Waals surface area contributed by atoms with Gasteiger partial charge in [-0.15, -0.1) is 0 Å². The van der Waals surface area contributed by atoms with Crippen molar-refractivity contribution in [3.05, 3.63) is 87.9 Å². The van der Waals surface area contributed by atoms with Gasteiger partial charge in [0.05, 0.1) is 16.1 Å². The smallest absolute Gasteiger partial charge is 0.343 e. The molecule has 2 aliphatic heterocycles. The Morgan fingerprint density at radius 2 is 1.87 bits per heavy atom. The summed E-state index contributed by atoms with van der Waals surface area (Å²) in [5.74, 6) is -0.320. The number of hydrogen-bond donors (Lipinski definition) is 0. The van der Waals surface area contributed by atoms with Gasteiger partial charge in [0.25, 0.3) is 0 Å². The van der Waals surface area contributed by atoms with E-state index in [9.17, 15) is 14.0 Å². The molecule has 0 fully saturated rings. The van der Waals surface area contributed by atoms with Gasteiger partial charge >= 0.3 is 5.97 Å². The van der Waals surface area contributed by atoms with E-state index in [1.54, 1.807) is 12.1 Å². The second-order valence-corrected chi connectivity index (χ2v) is 7.10. The summed E-state index contributed by atoms with van der Waals surface area (Å²) >= 11 is 6.02. The molecule has 0 aromatic heterocycles. The molecule has 0 aliphatic carbocycles. The van der Waals surface area contributed by atoms with Crippen LogP contribution >= 0.6 is 11.6 Å². The Bertz CT molecular complexity index is 1260. The number of ketones is 1. The molecule has 3 aromatic carbocycles. The normalized spacial score (nSPS) is 15.0. The van der Waals surface area contributed by atoms with Gasteiger partial charge in [-0.3, -0.25) is 4.79 Å². The number of halogens is 2. The van der Waals surface area contributed by atoms with Gasteiger partial charge in [-0.25, -0.2) is 9.18 Å². The molecule has 0 atom stereocenters. The number of ether oxygens (including phenoxy) is 4. The first kappa shape index (κ1) is 19.1. The largest absolute Gasteiger partial charge is 0.454 e. The van der Waals surface area contributed by atoms with Crippen LogP contribution in [-0.4, -0.2) is 18.5 Å². The van der Waals surface area contributed by atoms with Crippen LogP contribution in [0.15, 0.2) is 60.4 Å². The number of fused-ring (bicyclic) bond motifs is 2. The fourth-order valence-electron chi connectivity index (χ4n) is 3.20. The fourth-order valence-corrected chi connectivity index (χ4v) is 3.42. The van der Waals surface area contributed by atoms with Crippen LogP contribution < -0.4 is 18.9 Å². The lowest BCUT2D eigenvalue weighted by Crippen LogP contribution is -2.08. The van der Waals surface area contributed by atoms with E-state index >= 15 is 0 Å². The van der Waals surface area contributed by atoms with E-state index in [-0.39, 0.29) is 45.8 Å². The lowest BCUT2D eigenvalue weighted by atomic mass is 10.1. The molecule has 0 unspecified atom stereocenters. The molecule has 0 spiro atoms. The highest BCUT2D eigenvalue weighted by Gasteiger charge is 2.29. The van der Waals surface area contributed by atoms with Crippen molar-refractivity contribution < 1.29 is 32.9 Å². The summed E-state index contributed by atoms with van der Waals surface area (Å²) in [6.07, 6.45) is 1.25. The molecule has 2 heterocycles. The highest BCUT2D eigenvalue weighted by Crippen LogP contribution is 2.37. The average Bonchev–Trinajstić information content (AvgIpc) is 3.34. The van der Waals surface area contributed by atoms with Crippen molar-refractivity contribution in [3.8, 4) is 23.0 Å². The van der Waals surface area contributed by atoms with Gasteiger partial charge in [0.1, 0.15) is 17.3 Å². The van der Waals surface area contributed by atoms with Crippen molar-refractivity contribution in [1.82, 2.24) is 0 Å². The van der Waals surface area contributed by atoms with Gasteiger partial charge < -0.3 is 18.9 Å². The molecule has 6 nitrogen and oxygen atoms in total. The third kappa shape index (κ3) is 3.49. The number of carbonyl (C=O) groups is 2. The quantitative estimate of drug-likeness (QED) is 0.324. The van der Waals surface area contributed by atoms with E-state index in [0.29, 0.717) is 11.5 Å². The molecule has 2 aliphatic rings. The summed E-state index contributed by atoms with van der Waals surface area (Å²) in [5, 5.41) is 0.151. The second kappa shape index (κ2) is 7.45. The number of benzene rings is 3. The Labute approximate surface area is 180 Å². The summed E-state index contributed by atoms with van der Waals surface area (Å²) < 4.78 is 35.5. The molecule has 31 heavy (non-hydrogen) atoms. The molecule has 0 amide bonds. The lowest BCUT2D eigenvalue weighted by Gasteiger charge is -2.06. The Balaban J connectivity index is 1.38. The average molecular weight is 439 g/mol. The lowest BCUT2D eigenvalue weighted by molar-refractivity contribution is 0.0734. The zero-order valence-corrected chi connectivity index (χ0v) is 16.4. The third-order valence-corrected chi connectivity index (χ3v) is 5.06. The molecular weight excluding hydrogens is 427 g/mol. The first-order chi connectivity index (χ1) is 15.0. The van der Waals surface area contributed by atoms with Gasteiger partial charge in [0, 0.05) is 11.6 Å². The zero-order valence-electron chi connectivity index (χ0n) is 15.7. The van der Waals surface area contributed by atoms with Gasteiger partial charge in [-0.2, -0.15) is 0 Å². The minimum Gasteiger partial charge on any atom is -0.454 e. The van der Waals surface area contributed by atoms with Crippen molar-refractivity contribution >= 4 is 29.4 Å². The van der Waals surface area contributed by atoms with Crippen LogP contribution in [0, 0.1) is 5.82 Å². The van der Waals surface area contributed by atoms with Crippen LogP contribution in [0.3, 0.4) is 0 Å². The van der Waals surface area contributed by atoms with Crippen molar-refractivity contribution in [2.24, 2.45) is 0 Å². The van der Waals surface area contributed by atoms with Crippen molar-refractivity contribution in [2.75, 3.05) is 6.79 Å².